The highest BCUT2D eigenvalue weighted by atomic mass is 16.4. The molecule has 3 amide bonds. The van der Waals surface area contributed by atoms with Gasteiger partial charge in [-0.15, -0.1) is 0 Å². The average Bonchev–Trinajstić information content (AvgIpc) is 2.73. The fourth-order valence-electron chi connectivity index (χ4n) is 2.36. The van der Waals surface area contributed by atoms with Crippen molar-refractivity contribution < 1.29 is 39.6 Å². The summed E-state index contributed by atoms with van der Waals surface area (Å²) < 4.78 is 0. The van der Waals surface area contributed by atoms with Gasteiger partial charge in [-0.2, -0.15) is 0 Å². The minimum absolute atomic E-state index is 0.186. The van der Waals surface area contributed by atoms with Crippen LogP contribution in [0, 0.1) is 0 Å². The molecule has 4 unspecified atom stereocenters. The van der Waals surface area contributed by atoms with Gasteiger partial charge in [0.2, 0.25) is 17.7 Å². The third-order valence-electron chi connectivity index (χ3n) is 4.06. The van der Waals surface area contributed by atoms with Gasteiger partial charge in [0.1, 0.15) is 18.1 Å². The Bertz CT molecular complexity index is 730. The van der Waals surface area contributed by atoms with Crippen molar-refractivity contribution in [1.82, 2.24) is 16.0 Å². The Hall–Kier alpha value is -3.06. The van der Waals surface area contributed by atoms with E-state index in [1.54, 1.807) is 30.3 Å². The van der Waals surface area contributed by atoms with E-state index in [0.717, 1.165) is 5.56 Å². The van der Waals surface area contributed by atoms with E-state index in [9.17, 15) is 29.4 Å². The monoisotopic (exact) mass is 426 g/mol. The van der Waals surface area contributed by atoms with Gasteiger partial charge in [0.05, 0.1) is 25.9 Å². The van der Waals surface area contributed by atoms with Gasteiger partial charge in [-0.25, -0.2) is 4.79 Å². The number of rotatable bonds is 12. The number of nitrogens with one attached hydrogen (secondary N) is 3. The Labute approximate surface area is 172 Å². The van der Waals surface area contributed by atoms with Crippen molar-refractivity contribution in [2.24, 2.45) is 5.73 Å². The molecule has 1 rings (SSSR count). The van der Waals surface area contributed by atoms with Crippen LogP contribution >= 0.6 is 0 Å². The maximum atomic E-state index is 12.3. The molecule has 166 valence electrons. The third kappa shape index (κ3) is 7.75. The number of nitrogens with two attached hydrogens (primary N) is 1. The van der Waals surface area contributed by atoms with Crippen molar-refractivity contribution in [2.45, 2.75) is 30.6 Å². The van der Waals surface area contributed by atoms with Crippen molar-refractivity contribution in [1.29, 1.82) is 0 Å². The second-order valence-corrected chi connectivity index (χ2v) is 6.37. The van der Waals surface area contributed by atoms with Crippen LogP contribution in [0.1, 0.15) is 5.56 Å². The van der Waals surface area contributed by atoms with E-state index in [0.29, 0.717) is 0 Å². The second kappa shape index (κ2) is 12.5. The first kappa shape index (κ1) is 25.0. The molecule has 0 bridgehead atoms. The summed E-state index contributed by atoms with van der Waals surface area (Å²) in [7, 11) is 0. The van der Waals surface area contributed by atoms with Crippen LogP contribution in [0.5, 0.6) is 0 Å². The van der Waals surface area contributed by atoms with Crippen LogP contribution in [0.3, 0.4) is 0 Å². The summed E-state index contributed by atoms with van der Waals surface area (Å²) in [6.45, 7) is -2.61. The lowest BCUT2D eigenvalue weighted by molar-refractivity contribution is -0.143. The predicted molar refractivity (Wildman–Crippen MR) is 103 cm³/mol. The maximum Gasteiger partial charge on any atom is 0.328 e. The molecular formula is C18H26N4O8. The predicted octanol–water partition coefficient (Wildman–Crippen LogP) is -3.93. The highest BCUT2D eigenvalue weighted by Crippen LogP contribution is 2.02. The van der Waals surface area contributed by atoms with Crippen LogP contribution in [0.2, 0.25) is 0 Å². The number of benzene rings is 1. The number of amides is 3. The number of hydrogen-bond donors (Lipinski definition) is 8. The highest BCUT2D eigenvalue weighted by molar-refractivity contribution is 5.94. The summed E-state index contributed by atoms with van der Waals surface area (Å²) in [6, 6.07) is 3.21. The summed E-state index contributed by atoms with van der Waals surface area (Å²) in [5.41, 5.74) is 6.61. The van der Waals surface area contributed by atoms with Gasteiger partial charge >= 0.3 is 5.97 Å². The number of carbonyl (C=O) groups is 4. The molecule has 0 saturated carbocycles. The molecule has 0 radical (unpaired) electrons. The molecule has 1 aromatic rings. The number of hydrogen-bond acceptors (Lipinski definition) is 8. The van der Waals surface area contributed by atoms with E-state index in [2.05, 4.69) is 10.6 Å². The van der Waals surface area contributed by atoms with E-state index >= 15 is 0 Å². The number of carboxylic acids is 1. The van der Waals surface area contributed by atoms with Crippen molar-refractivity contribution in [3.63, 3.8) is 0 Å². The molecule has 0 heterocycles. The summed E-state index contributed by atoms with van der Waals surface area (Å²) in [5.74, 6) is -4.30. The molecule has 0 aliphatic rings. The quantitative estimate of drug-likeness (QED) is 0.164. The number of aliphatic carboxylic acids is 1. The van der Waals surface area contributed by atoms with Gasteiger partial charge in [0, 0.05) is 0 Å². The lowest BCUT2D eigenvalue weighted by Gasteiger charge is -2.23. The number of carboxylic acid groups (broad SMARTS) is 1. The first-order chi connectivity index (χ1) is 14.2. The highest BCUT2D eigenvalue weighted by Gasteiger charge is 2.29. The van der Waals surface area contributed by atoms with Crippen LogP contribution in [0.25, 0.3) is 0 Å². The molecule has 0 aromatic heterocycles. The van der Waals surface area contributed by atoms with Gasteiger partial charge in [0.25, 0.3) is 0 Å². The summed E-state index contributed by atoms with van der Waals surface area (Å²) in [6.07, 6.45) is 0.186. The van der Waals surface area contributed by atoms with Crippen molar-refractivity contribution in [2.75, 3.05) is 19.8 Å². The van der Waals surface area contributed by atoms with E-state index in [-0.39, 0.29) is 6.42 Å². The molecule has 30 heavy (non-hydrogen) atoms. The van der Waals surface area contributed by atoms with E-state index in [4.69, 9.17) is 15.9 Å². The Morgan fingerprint density at radius 1 is 0.767 bits per heavy atom. The Morgan fingerprint density at radius 3 is 1.63 bits per heavy atom. The lowest BCUT2D eigenvalue weighted by Crippen LogP contribution is -2.59. The first-order valence-electron chi connectivity index (χ1n) is 8.99. The molecule has 9 N–H and O–H groups in total. The van der Waals surface area contributed by atoms with Crippen LogP contribution in [-0.4, -0.2) is 88.1 Å². The normalized spacial score (nSPS) is 14.7. The van der Waals surface area contributed by atoms with E-state index in [1.807, 2.05) is 5.32 Å². The number of carbonyl (C=O) groups excluding carboxylic acids is 3. The van der Waals surface area contributed by atoms with E-state index in [1.165, 1.54) is 0 Å². The molecule has 1 aromatic carbocycles. The van der Waals surface area contributed by atoms with Crippen molar-refractivity contribution in [3.8, 4) is 0 Å². The average molecular weight is 426 g/mol. The zero-order valence-electron chi connectivity index (χ0n) is 16.0. The smallest absolute Gasteiger partial charge is 0.328 e. The van der Waals surface area contributed by atoms with E-state index < -0.39 is 67.7 Å². The van der Waals surface area contributed by atoms with Gasteiger partial charge in [0.15, 0.2) is 0 Å². The van der Waals surface area contributed by atoms with Crippen LogP contribution in [0.4, 0.5) is 0 Å². The van der Waals surface area contributed by atoms with Crippen LogP contribution < -0.4 is 21.7 Å². The Kier molecular flexibility index (Phi) is 10.4. The summed E-state index contributed by atoms with van der Waals surface area (Å²) >= 11 is 0. The minimum Gasteiger partial charge on any atom is -0.480 e. The van der Waals surface area contributed by atoms with Crippen molar-refractivity contribution >= 4 is 23.7 Å². The molecule has 0 spiro atoms. The zero-order chi connectivity index (χ0) is 22.7. The minimum atomic E-state index is -1.63. The number of aliphatic hydroxyl groups is 3. The molecule has 0 aliphatic carbocycles. The van der Waals surface area contributed by atoms with Gasteiger partial charge in [-0.05, 0) is 12.0 Å². The van der Waals surface area contributed by atoms with Crippen molar-refractivity contribution in [3.05, 3.63) is 35.9 Å². The number of aliphatic hydroxyl groups excluding tert-OH is 3. The largest absolute Gasteiger partial charge is 0.480 e. The topological polar surface area (TPSA) is 211 Å². The second-order valence-electron chi connectivity index (χ2n) is 6.37. The lowest BCUT2D eigenvalue weighted by atomic mass is 10.1. The zero-order valence-corrected chi connectivity index (χ0v) is 16.0. The Balaban J connectivity index is 2.68. The molecule has 12 nitrogen and oxygen atoms in total. The molecule has 0 saturated heterocycles. The Morgan fingerprint density at radius 2 is 1.20 bits per heavy atom. The fourth-order valence-corrected chi connectivity index (χ4v) is 2.36. The maximum absolute atomic E-state index is 12.3. The fraction of sp³-hybridized carbons (Fsp3) is 0.444. The summed E-state index contributed by atoms with van der Waals surface area (Å²) in [4.78, 5) is 47.3. The molecule has 0 fully saturated rings. The molecular weight excluding hydrogens is 400 g/mol. The molecule has 0 aliphatic heterocycles. The first-order valence-corrected chi connectivity index (χ1v) is 8.99. The standard InChI is InChI=1S/C18H26N4O8/c19-11(6-10-4-2-1-3-5-10)15(26)20-12(7-23)16(27)21-13(8-24)17(28)22-14(9-25)18(29)30/h1-5,11-14,23-25H,6-9,19H2,(H,20,26)(H,21,27)(H,22,28)(H,29,30). The SMILES string of the molecule is NC(Cc1ccccc1)C(=O)NC(CO)C(=O)NC(CO)C(=O)NC(CO)C(=O)O. The molecule has 4 atom stereocenters. The third-order valence-corrected chi connectivity index (χ3v) is 4.06. The van der Waals surface area contributed by atoms with Crippen LogP contribution in [0.15, 0.2) is 30.3 Å². The van der Waals surface area contributed by atoms with Gasteiger partial charge < -0.3 is 42.1 Å². The van der Waals surface area contributed by atoms with Gasteiger partial charge in [-0.1, -0.05) is 30.3 Å². The molecule has 12 heteroatoms. The van der Waals surface area contributed by atoms with Crippen LogP contribution in [-0.2, 0) is 25.6 Å². The van der Waals surface area contributed by atoms with Gasteiger partial charge in [-0.3, -0.25) is 14.4 Å². The summed E-state index contributed by atoms with van der Waals surface area (Å²) in [5, 5.41) is 42.7.